The fourth-order valence-corrected chi connectivity index (χ4v) is 3.99. The van der Waals surface area contributed by atoms with Gasteiger partial charge in [0.1, 0.15) is 0 Å². The predicted molar refractivity (Wildman–Crippen MR) is 113 cm³/mol. The zero-order valence-corrected chi connectivity index (χ0v) is 16.8. The average molecular weight is 394 g/mol. The topological polar surface area (TPSA) is 64.0 Å². The molecule has 28 heavy (non-hydrogen) atoms. The molecule has 1 fully saturated rings. The van der Waals surface area contributed by atoms with Crippen LogP contribution in [0, 0.1) is 0 Å². The van der Waals surface area contributed by atoms with Crippen molar-refractivity contribution in [2.45, 2.75) is 49.6 Å². The summed E-state index contributed by atoms with van der Waals surface area (Å²) in [5.74, 6) is -0.0113. The van der Waals surface area contributed by atoms with Crippen LogP contribution in [0.2, 0.25) is 0 Å². The number of carbonyl (C=O) groups is 1. The molecule has 0 spiro atoms. The molecule has 1 saturated carbocycles. The van der Waals surface area contributed by atoms with E-state index >= 15 is 0 Å². The molecule has 1 unspecified atom stereocenters. The molecule has 0 saturated heterocycles. The molecule has 4 rings (SSSR count). The second-order valence-electron chi connectivity index (χ2n) is 7.12. The van der Waals surface area contributed by atoms with Gasteiger partial charge in [-0.3, -0.25) is 14.2 Å². The Hall–Kier alpha value is -2.60. The van der Waals surface area contributed by atoms with Gasteiger partial charge in [0.2, 0.25) is 5.91 Å². The third-order valence-electron chi connectivity index (χ3n) is 4.92. The minimum atomic E-state index is -0.338. The standard InChI is InChI=1S/C22H23N3O2S/c1-3-15-8-12-17(13-9-15)25-21(27)18-6-4-5-7-19(18)24-22(25)28-14(2)20(26)23-16-10-11-16/h4-9,12-14,16H,3,10-11H2,1-2H3,(H,23,26). The summed E-state index contributed by atoms with van der Waals surface area (Å²) in [5, 5.41) is 3.79. The van der Waals surface area contributed by atoms with E-state index in [9.17, 15) is 9.59 Å². The first-order valence-electron chi connectivity index (χ1n) is 9.65. The lowest BCUT2D eigenvalue weighted by atomic mass is 10.1. The number of thioether (sulfide) groups is 1. The third kappa shape index (κ3) is 3.83. The van der Waals surface area contributed by atoms with Gasteiger partial charge in [0.25, 0.3) is 5.56 Å². The second kappa shape index (κ2) is 7.80. The molecule has 1 aromatic heterocycles. The third-order valence-corrected chi connectivity index (χ3v) is 5.98. The van der Waals surface area contributed by atoms with E-state index in [0.717, 1.165) is 24.9 Å². The molecule has 1 N–H and O–H groups in total. The minimum Gasteiger partial charge on any atom is -0.352 e. The highest BCUT2D eigenvalue weighted by atomic mass is 32.2. The summed E-state index contributed by atoms with van der Waals surface area (Å²) in [7, 11) is 0. The van der Waals surface area contributed by atoms with Gasteiger partial charge in [0, 0.05) is 6.04 Å². The fraction of sp³-hybridized carbons (Fsp3) is 0.318. The molecule has 144 valence electrons. The minimum absolute atomic E-state index is 0.0113. The molecule has 0 aliphatic heterocycles. The first kappa shape index (κ1) is 18.7. The summed E-state index contributed by atoms with van der Waals surface area (Å²) >= 11 is 1.32. The van der Waals surface area contributed by atoms with Gasteiger partial charge >= 0.3 is 0 Å². The maximum atomic E-state index is 13.3. The van der Waals surface area contributed by atoms with Crippen molar-refractivity contribution in [3.05, 3.63) is 64.4 Å². The summed E-state index contributed by atoms with van der Waals surface area (Å²) in [5.41, 5.74) is 2.49. The van der Waals surface area contributed by atoms with Gasteiger partial charge in [-0.1, -0.05) is 43.0 Å². The van der Waals surface area contributed by atoms with E-state index in [0.29, 0.717) is 22.1 Å². The number of nitrogens with zero attached hydrogens (tertiary/aromatic N) is 2. The van der Waals surface area contributed by atoms with Gasteiger partial charge < -0.3 is 5.32 Å². The van der Waals surface area contributed by atoms with Crippen LogP contribution in [0.5, 0.6) is 0 Å². The van der Waals surface area contributed by atoms with E-state index in [1.807, 2.05) is 49.4 Å². The maximum absolute atomic E-state index is 13.3. The molecule has 3 aromatic rings. The van der Waals surface area contributed by atoms with E-state index in [-0.39, 0.29) is 16.7 Å². The number of aryl methyl sites for hydroxylation is 1. The van der Waals surface area contributed by atoms with Gasteiger partial charge in [-0.05, 0) is 56.0 Å². The summed E-state index contributed by atoms with van der Waals surface area (Å²) in [6.07, 6.45) is 3.03. The van der Waals surface area contributed by atoms with Crippen molar-refractivity contribution in [2.24, 2.45) is 0 Å². The van der Waals surface area contributed by atoms with E-state index in [4.69, 9.17) is 4.98 Å². The SMILES string of the molecule is CCc1ccc(-n2c(SC(C)C(=O)NC3CC3)nc3ccccc3c2=O)cc1. The van der Waals surface area contributed by atoms with E-state index in [2.05, 4.69) is 12.2 Å². The van der Waals surface area contributed by atoms with Crippen molar-refractivity contribution < 1.29 is 4.79 Å². The first-order chi connectivity index (χ1) is 13.6. The van der Waals surface area contributed by atoms with E-state index in [1.165, 1.54) is 17.3 Å². The molecule has 1 heterocycles. The Balaban J connectivity index is 1.78. The van der Waals surface area contributed by atoms with Crippen molar-refractivity contribution in [2.75, 3.05) is 0 Å². The quantitative estimate of drug-likeness (QED) is 0.512. The Kier molecular flexibility index (Phi) is 5.22. The molecule has 1 atom stereocenters. The van der Waals surface area contributed by atoms with Crippen molar-refractivity contribution in [1.82, 2.24) is 14.9 Å². The Morgan fingerprint density at radius 2 is 1.93 bits per heavy atom. The highest BCUT2D eigenvalue weighted by Crippen LogP contribution is 2.26. The molecule has 1 amide bonds. The lowest BCUT2D eigenvalue weighted by Gasteiger charge is -2.16. The van der Waals surface area contributed by atoms with Gasteiger partial charge in [0.05, 0.1) is 21.8 Å². The monoisotopic (exact) mass is 393 g/mol. The van der Waals surface area contributed by atoms with Gasteiger partial charge in [-0.2, -0.15) is 0 Å². The number of para-hydroxylation sites is 1. The zero-order valence-electron chi connectivity index (χ0n) is 16.0. The Labute approximate surface area is 168 Å². The number of benzene rings is 2. The van der Waals surface area contributed by atoms with Crippen LogP contribution in [0.15, 0.2) is 58.5 Å². The Morgan fingerprint density at radius 1 is 1.21 bits per heavy atom. The number of nitrogens with one attached hydrogen (secondary N) is 1. The van der Waals surface area contributed by atoms with E-state index < -0.39 is 0 Å². The average Bonchev–Trinajstić information content (AvgIpc) is 3.52. The van der Waals surface area contributed by atoms with Gasteiger partial charge in [-0.25, -0.2) is 4.98 Å². The van der Waals surface area contributed by atoms with Crippen LogP contribution in [-0.2, 0) is 11.2 Å². The van der Waals surface area contributed by atoms with Crippen LogP contribution in [0.4, 0.5) is 0 Å². The van der Waals surface area contributed by atoms with Gasteiger partial charge in [-0.15, -0.1) is 0 Å². The van der Waals surface area contributed by atoms with Crippen molar-refractivity contribution >= 4 is 28.6 Å². The summed E-state index contributed by atoms with van der Waals surface area (Å²) < 4.78 is 1.62. The molecule has 1 aliphatic carbocycles. The lowest BCUT2D eigenvalue weighted by molar-refractivity contribution is -0.120. The zero-order chi connectivity index (χ0) is 19.7. The second-order valence-corrected chi connectivity index (χ2v) is 8.42. The number of carbonyl (C=O) groups excluding carboxylic acids is 1. The Bertz CT molecular complexity index is 1070. The lowest BCUT2D eigenvalue weighted by Crippen LogP contribution is -2.33. The van der Waals surface area contributed by atoms with Crippen LogP contribution in [0.3, 0.4) is 0 Å². The molecular weight excluding hydrogens is 370 g/mol. The largest absolute Gasteiger partial charge is 0.352 e. The van der Waals surface area contributed by atoms with Crippen LogP contribution in [0.25, 0.3) is 16.6 Å². The highest BCUT2D eigenvalue weighted by Gasteiger charge is 2.27. The number of aromatic nitrogens is 2. The van der Waals surface area contributed by atoms with Crippen LogP contribution in [0.1, 0.15) is 32.3 Å². The number of hydrogen-bond donors (Lipinski definition) is 1. The van der Waals surface area contributed by atoms with Crippen molar-refractivity contribution in [1.29, 1.82) is 0 Å². The number of fused-ring (bicyclic) bond motifs is 1. The Morgan fingerprint density at radius 3 is 2.61 bits per heavy atom. The number of hydrogen-bond acceptors (Lipinski definition) is 4. The van der Waals surface area contributed by atoms with Gasteiger partial charge in [0.15, 0.2) is 5.16 Å². The first-order valence-corrected chi connectivity index (χ1v) is 10.5. The van der Waals surface area contributed by atoms with Crippen molar-refractivity contribution in [3.8, 4) is 5.69 Å². The predicted octanol–water partition coefficient (Wildman–Crippen LogP) is 3.71. The van der Waals surface area contributed by atoms with Crippen LogP contribution >= 0.6 is 11.8 Å². The molecule has 1 aliphatic rings. The van der Waals surface area contributed by atoms with Crippen LogP contribution < -0.4 is 10.9 Å². The number of amides is 1. The van der Waals surface area contributed by atoms with Crippen LogP contribution in [-0.4, -0.2) is 26.8 Å². The number of rotatable bonds is 6. The fourth-order valence-electron chi connectivity index (χ4n) is 3.06. The molecule has 6 heteroatoms. The summed E-state index contributed by atoms with van der Waals surface area (Å²) in [4.78, 5) is 30.4. The van der Waals surface area contributed by atoms with Crippen molar-refractivity contribution in [3.63, 3.8) is 0 Å². The summed E-state index contributed by atoms with van der Waals surface area (Å²) in [6, 6.07) is 15.6. The molecule has 5 nitrogen and oxygen atoms in total. The maximum Gasteiger partial charge on any atom is 0.266 e. The smallest absolute Gasteiger partial charge is 0.266 e. The molecule has 0 bridgehead atoms. The molecule has 2 aromatic carbocycles. The summed E-state index contributed by atoms with van der Waals surface area (Å²) in [6.45, 7) is 3.95. The highest BCUT2D eigenvalue weighted by molar-refractivity contribution is 8.00. The van der Waals surface area contributed by atoms with E-state index in [1.54, 1.807) is 10.6 Å². The molecule has 0 radical (unpaired) electrons. The normalized spacial score (nSPS) is 14.8. The molecular formula is C22H23N3O2S.